The lowest BCUT2D eigenvalue weighted by atomic mass is 9.69. The number of nitrogens with zero attached hydrogens (tertiary/aromatic N) is 5. The number of hydrogen-bond donors (Lipinski definition) is 0. The average Bonchev–Trinajstić information content (AvgIpc) is 3.16. The van der Waals surface area contributed by atoms with Gasteiger partial charge in [-0.3, -0.25) is 14.9 Å². The van der Waals surface area contributed by atoms with Gasteiger partial charge in [0.15, 0.2) is 0 Å². The van der Waals surface area contributed by atoms with Gasteiger partial charge in [0.25, 0.3) is 0 Å². The summed E-state index contributed by atoms with van der Waals surface area (Å²) in [5, 5.41) is 0. The van der Waals surface area contributed by atoms with Gasteiger partial charge in [0.05, 0.1) is 11.4 Å². The average molecular weight is 411 g/mol. The fourth-order valence-corrected chi connectivity index (χ4v) is 5.27. The minimum Gasteiger partial charge on any atom is -0.278 e. The molecule has 32 heavy (non-hydrogen) atoms. The molecular formula is C27H17N5. The number of rotatable bonds is 1. The van der Waals surface area contributed by atoms with E-state index >= 15 is 0 Å². The number of anilines is 3. The molecule has 0 unspecified atom stereocenters. The van der Waals surface area contributed by atoms with E-state index in [0.29, 0.717) is 0 Å². The van der Waals surface area contributed by atoms with Gasteiger partial charge < -0.3 is 0 Å². The van der Waals surface area contributed by atoms with Crippen LogP contribution in [0.2, 0.25) is 0 Å². The third kappa shape index (κ3) is 2.02. The molecule has 1 aliphatic carbocycles. The zero-order valence-corrected chi connectivity index (χ0v) is 17.1. The van der Waals surface area contributed by atoms with Crippen LogP contribution in [0.4, 0.5) is 17.3 Å². The molecule has 0 radical (unpaired) electrons. The molecular weight excluding hydrogens is 394 g/mol. The Balaban J connectivity index is 1.67. The van der Waals surface area contributed by atoms with Gasteiger partial charge in [-0.1, -0.05) is 42.5 Å². The molecule has 0 N–H and O–H groups in total. The second-order valence-corrected chi connectivity index (χ2v) is 7.97. The van der Waals surface area contributed by atoms with E-state index in [1.807, 2.05) is 67.3 Å². The summed E-state index contributed by atoms with van der Waals surface area (Å²) in [7, 11) is 0. The highest BCUT2D eigenvalue weighted by molar-refractivity contribution is 5.91. The first-order valence-electron chi connectivity index (χ1n) is 10.6. The van der Waals surface area contributed by atoms with Crippen molar-refractivity contribution in [2.24, 2.45) is 0 Å². The lowest BCUT2D eigenvalue weighted by Crippen LogP contribution is -2.38. The zero-order valence-electron chi connectivity index (χ0n) is 17.1. The van der Waals surface area contributed by atoms with Crippen LogP contribution in [-0.4, -0.2) is 19.9 Å². The Morgan fingerprint density at radius 3 is 1.56 bits per heavy atom. The maximum atomic E-state index is 4.93. The van der Waals surface area contributed by atoms with E-state index in [2.05, 4.69) is 41.3 Å². The molecule has 150 valence electrons. The first-order chi connectivity index (χ1) is 15.9. The van der Waals surface area contributed by atoms with Crippen LogP contribution in [0.1, 0.15) is 22.5 Å². The van der Waals surface area contributed by atoms with Gasteiger partial charge in [0.1, 0.15) is 17.1 Å². The van der Waals surface area contributed by atoms with Crippen molar-refractivity contribution in [3.05, 3.63) is 126 Å². The lowest BCUT2D eigenvalue weighted by molar-refractivity contribution is 0.689. The molecule has 1 aromatic carbocycles. The Bertz CT molecular complexity index is 1400. The van der Waals surface area contributed by atoms with Crippen molar-refractivity contribution in [3.63, 3.8) is 0 Å². The van der Waals surface area contributed by atoms with E-state index in [0.717, 1.165) is 51.0 Å². The number of pyridine rings is 4. The van der Waals surface area contributed by atoms with Crippen molar-refractivity contribution < 1.29 is 0 Å². The normalized spacial score (nSPS) is 14.4. The van der Waals surface area contributed by atoms with Gasteiger partial charge in [0, 0.05) is 52.7 Å². The Hall–Kier alpha value is -4.38. The van der Waals surface area contributed by atoms with E-state index in [4.69, 9.17) is 19.9 Å². The molecule has 0 fully saturated rings. The Kier molecular flexibility index (Phi) is 3.41. The zero-order chi connectivity index (χ0) is 21.1. The van der Waals surface area contributed by atoms with Gasteiger partial charge >= 0.3 is 0 Å². The smallest absolute Gasteiger partial charge is 0.143 e. The van der Waals surface area contributed by atoms with E-state index in [1.165, 1.54) is 0 Å². The summed E-state index contributed by atoms with van der Waals surface area (Å²) in [4.78, 5) is 21.7. The fraction of sp³-hybridized carbons (Fsp3) is 0.0370. The number of aromatic nitrogens is 4. The maximum Gasteiger partial charge on any atom is 0.143 e. The first-order valence-corrected chi connectivity index (χ1v) is 10.6. The Labute approximate surface area is 185 Å². The van der Waals surface area contributed by atoms with Crippen molar-refractivity contribution in [2.45, 2.75) is 5.41 Å². The predicted molar refractivity (Wildman–Crippen MR) is 123 cm³/mol. The Morgan fingerprint density at radius 1 is 0.500 bits per heavy atom. The largest absolute Gasteiger partial charge is 0.278 e. The van der Waals surface area contributed by atoms with Gasteiger partial charge in [-0.15, -0.1) is 0 Å². The van der Waals surface area contributed by atoms with Crippen LogP contribution in [0.15, 0.2) is 104 Å². The number of benzene rings is 1. The van der Waals surface area contributed by atoms with E-state index < -0.39 is 5.41 Å². The highest BCUT2D eigenvalue weighted by atomic mass is 15.3. The molecule has 5 heteroatoms. The van der Waals surface area contributed by atoms with Crippen molar-refractivity contribution in [2.75, 3.05) is 4.90 Å². The molecule has 0 saturated heterocycles. The topological polar surface area (TPSA) is 54.8 Å². The fourth-order valence-electron chi connectivity index (χ4n) is 5.27. The van der Waals surface area contributed by atoms with Gasteiger partial charge in [-0.05, 0) is 36.4 Å². The summed E-state index contributed by atoms with van der Waals surface area (Å²) in [5.74, 6) is 1.69. The van der Waals surface area contributed by atoms with Crippen molar-refractivity contribution in [3.8, 4) is 11.1 Å². The second-order valence-electron chi connectivity index (χ2n) is 7.97. The minimum absolute atomic E-state index is 0.675. The molecule has 0 bridgehead atoms. The maximum absolute atomic E-state index is 4.93. The van der Waals surface area contributed by atoms with Gasteiger partial charge in [-0.25, -0.2) is 9.97 Å². The summed E-state index contributed by atoms with van der Waals surface area (Å²) in [6.07, 6.45) is 7.40. The molecule has 1 aliphatic heterocycles. The molecule has 0 atom stereocenters. The van der Waals surface area contributed by atoms with Gasteiger partial charge in [-0.2, -0.15) is 0 Å². The van der Waals surface area contributed by atoms with Crippen LogP contribution in [-0.2, 0) is 5.41 Å². The lowest BCUT2D eigenvalue weighted by Gasteiger charge is -2.41. The van der Waals surface area contributed by atoms with E-state index in [-0.39, 0.29) is 0 Å². The quantitative estimate of drug-likeness (QED) is 0.361. The summed E-state index contributed by atoms with van der Waals surface area (Å²) >= 11 is 0. The van der Waals surface area contributed by atoms with E-state index in [1.54, 1.807) is 0 Å². The van der Waals surface area contributed by atoms with Gasteiger partial charge in [0.2, 0.25) is 0 Å². The standard InChI is InChI=1S/C27H17N5/c1-2-8-18(9-3-1)32-25-21(12-6-16-30-25)27(22-13-7-17-31-26(22)32)23-19(10-4-14-28-23)20-11-5-15-29-24(20)27/h1-17H. The highest BCUT2D eigenvalue weighted by Crippen LogP contribution is 2.61. The molecule has 5 heterocycles. The predicted octanol–water partition coefficient (Wildman–Crippen LogP) is 5.41. The van der Waals surface area contributed by atoms with Crippen LogP contribution < -0.4 is 4.90 Å². The summed E-state index contributed by atoms with van der Waals surface area (Å²) in [5.41, 5.74) is 6.62. The molecule has 5 aromatic rings. The minimum atomic E-state index is -0.675. The number of para-hydroxylation sites is 1. The van der Waals surface area contributed by atoms with E-state index in [9.17, 15) is 0 Å². The van der Waals surface area contributed by atoms with Crippen molar-refractivity contribution in [1.82, 2.24) is 19.9 Å². The Morgan fingerprint density at radius 2 is 1.00 bits per heavy atom. The molecule has 2 aliphatic rings. The summed E-state index contributed by atoms with van der Waals surface area (Å²) in [6, 6.07) is 26.8. The number of fused-ring (bicyclic) bond motifs is 9. The molecule has 0 amide bonds. The first kappa shape index (κ1) is 17.3. The van der Waals surface area contributed by atoms with Crippen LogP contribution in [0.5, 0.6) is 0 Å². The molecule has 5 nitrogen and oxygen atoms in total. The third-order valence-corrected chi connectivity index (χ3v) is 6.44. The molecule has 7 rings (SSSR count). The highest BCUT2D eigenvalue weighted by Gasteiger charge is 2.54. The van der Waals surface area contributed by atoms with Crippen LogP contribution in [0.25, 0.3) is 11.1 Å². The van der Waals surface area contributed by atoms with Crippen molar-refractivity contribution >= 4 is 17.3 Å². The second kappa shape index (κ2) is 6.31. The van der Waals surface area contributed by atoms with Crippen LogP contribution in [0.3, 0.4) is 0 Å². The third-order valence-electron chi connectivity index (χ3n) is 6.44. The molecule has 4 aromatic heterocycles. The monoisotopic (exact) mass is 411 g/mol. The number of hydrogen-bond acceptors (Lipinski definition) is 5. The summed E-state index contributed by atoms with van der Waals surface area (Å²) in [6.45, 7) is 0. The van der Waals surface area contributed by atoms with Crippen LogP contribution in [0, 0.1) is 0 Å². The van der Waals surface area contributed by atoms with Crippen LogP contribution >= 0.6 is 0 Å². The van der Waals surface area contributed by atoms with Crippen molar-refractivity contribution in [1.29, 1.82) is 0 Å². The summed E-state index contributed by atoms with van der Waals surface area (Å²) < 4.78 is 0. The molecule has 1 spiro atoms. The SMILES string of the molecule is c1ccc(N2c3ncccc3C3(c4cccnc42)c2ncccc2-c2cccnc23)cc1. The molecule has 0 saturated carbocycles.